The van der Waals surface area contributed by atoms with E-state index in [0.29, 0.717) is 22.9 Å². The lowest BCUT2D eigenvalue weighted by Crippen LogP contribution is -2.45. The molecule has 3 fully saturated rings. The summed E-state index contributed by atoms with van der Waals surface area (Å²) in [7, 11) is -3.93. The Kier molecular flexibility index (Phi) is 6.84. The topological polar surface area (TPSA) is 129 Å². The van der Waals surface area contributed by atoms with Crippen molar-refractivity contribution in [1.29, 1.82) is 0 Å². The average molecular weight is 591 g/mol. The van der Waals surface area contributed by atoms with E-state index in [1.165, 1.54) is 48.4 Å². The van der Waals surface area contributed by atoms with Crippen molar-refractivity contribution in [1.82, 2.24) is 10.2 Å². The molecular formula is C28H29F3N4O5S. The van der Waals surface area contributed by atoms with Crippen LogP contribution in [0.3, 0.4) is 0 Å². The van der Waals surface area contributed by atoms with Gasteiger partial charge < -0.3 is 19.8 Å². The van der Waals surface area contributed by atoms with Crippen LogP contribution in [0, 0.1) is 5.92 Å². The average Bonchev–Trinajstić information content (AvgIpc) is 3.33. The van der Waals surface area contributed by atoms with Gasteiger partial charge in [-0.1, -0.05) is 37.8 Å². The van der Waals surface area contributed by atoms with Crippen molar-refractivity contribution in [2.75, 3.05) is 10.7 Å². The lowest BCUT2D eigenvalue weighted by Gasteiger charge is -2.47. The van der Waals surface area contributed by atoms with Crippen molar-refractivity contribution in [2.45, 2.75) is 74.2 Å². The van der Waals surface area contributed by atoms with E-state index in [2.05, 4.69) is 14.9 Å². The number of alkyl halides is 3. The van der Waals surface area contributed by atoms with E-state index in [1.54, 1.807) is 6.07 Å². The number of aromatic nitrogens is 2. The molecule has 41 heavy (non-hydrogen) atoms. The standard InChI is InChI=1S/C28H29F3N4O5S/c29-28(30,31)40-20-8-5-17(6-9-20)15-35-22-12-19(7-10-23(22)41(37,38)16-21(32)25(35)36)24-33-34-26(39-24)27-11-3-1-2-4-18(13-27)14-27/h5-10,12,18,21H,1-4,11,13-16,32H2/t18?,21-,27?/m0/s1. The second-order valence-electron chi connectivity index (χ2n) is 11.3. The zero-order valence-corrected chi connectivity index (χ0v) is 22.9. The molecule has 1 aromatic heterocycles. The Morgan fingerprint density at radius 2 is 1.83 bits per heavy atom. The summed E-state index contributed by atoms with van der Waals surface area (Å²) >= 11 is 0. The van der Waals surface area contributed by atoms with Gasteiger partial charge in [-0.25, -0.2) is 8.42 Å². The van der Waals surface area contributed by atoms with Crippen molar-refractivity contribution in [3.63, 3.8) is 0 Å². The summed E-state index contributed by atoms with van der Waals surface area (Å²) < 4.78 is 74.1. The predicted octanol–water partition coefficient (Wildman–Crippen LogP) is 4.89. The summed E-state index contributed by atoms with van der Waals surface area (Å²) in [6.45, 7) is -0.135. The van der Waals surface area contributed by atoms with Crippen LogP contribution in [0.2, 0.25) is 0 Å². The Morgan fingerprint density at radius 3 is 2.56 bits per heavy atom. The third-order valence-corrected chi connectivity index (χ3v) is 10.1. The number of hydrogen-bond donors (Lipinski definition) is 1. The Hall–Kier alpha value is -3.45. The summed E-state index contributed by atoms with van der Waals surface area (Å²) in [5, 5.41) is 8.65. The fourth-order valence-electron chi connectivity index (χ4n) is 6.35. The van der Waals surface area contributed by atoms with Gasteiger partial charge in [-0.15, -0.1) is 23.4 Å². The minimum Gasteiger partial charge on any atom is -0.420 e. The number of nitrogens with zero attached hydrogens (tertiary/aromatic N) is 3. The van der Waals surface area contributed by atoms with Gasteiger partial charge in [-0.3, -0.25) is 4.79 Å². The molecule has 4 aliphatic rings. The van der Waals surface area contributed by atoms with Crippen molar-refractivity contribution < 1.29 is 35.5 Å². The number of rotatable bonds is 5. The highest BCUT2D eigenvalue weighted by Gasteiger charge is 2.49. The maximum atomic E-state index is 13.3. The highest BCUT2D eigenvalue weighted by Crippen LogP contribution is 2.54. The summed E-state index contributed by atoms with van der Waals surface area (Å²) in [4.78, 5) is 14.5. The van der Waals surface area contributed by atoms with Crippen LogP contribution in [0.1, 0.15) is 56.4 Å². The summed E-state index contributed by atoms with van der Waals surface area (Å²) in [5.74, 6) is -0.166. The van der Waals surface area contributed by atoms with E-state index >= 15 is 0 Å². The van der Waals surface area contributed by atoms with Crippen molar-refractivity contribution in [2.24, 2.45) is 11.7 Å². The maximum Gasteiger partial charge on any atom is 0.573 e. The van der Waals surface area contributed by atoms with E-state index in [9.17, 15) is 26.4 Å². The molecule has 2 heterocycles. The highest BCUT2D eigenvalue weighted by atomic mass is 32.2. The molecule has 13 heteroatoms. The molecule has 7 rings (SSSR count). The fraction of sp³-hybridized carbons (Fsp3) is 0.464. The van der Waals surface area contributed by atoms with Crippen LogP contribution in [0.4, 0.5) is 18.9 Å². The van der Waals surface area contributed by atoms with Crippen LogP contribution in [0.5, 0.6) is 5.75 Å². The third-order valence-electron chi connectivity index (χ3n) is 8.32. The molecule has 2 bridgehead atoms. The van der Waals surface area contributed by atoms with Gasteiger partial charge >= 0.3 is 6.36 Å². The van der Waals surface area contributed by atoms with Gasteiger partial charge in [0.2, 0.25) is 17.7 Å². The Balaban J connectivity index is 1.34. The number of anilines is 1. The number of nitrogens with two attached hydrogens (primary N) is 1. The molecule has 3 aromatic rings. The number of benzene rings is 2. The van der Waals surface area contributed by atoms with Crippen LogP contribution in [0.15, 0.2) is 51.8 Å². The van der Waals surface area contributed by atoms with E-state index in [1.807, 2.05) is 0 Å². The molecule has 0 saturated heterocycles. The number of carbonyl (C=O) groups excluding carboxylic acids is 1. The molecule has 3 aliphatic carbocycles. The number of amides is 1. The van der Waals surface area contributed by atoms with Gasteiger partial charge in [-0.05, 0) is 61.1 Å². The largest absolute Gasteiger partial charge is 0.573 e. The van der Waals surface area contributed by atoms with Crippen LogP contribution >= 0.6 is 0 Å². The van der Waals surface area contributed by atoms with E-state index in [4.69, 9.17) is 10.2 Å². The van der Waals surface area contributed by atoms with E-state index in [-0.39, 0.29) is 28.4 Å². The molecule has 1 aliphatic heterocycles. The first kappa shape index (κ1) is 27.7. The zero-order chi connectivity index (χ0) is 29.0. The van der Waals surface area contributed by atoms with E-state index < -0.39 is 39.7 Å². The number of fused-ring (bicyclic) bond motifs is 5. The quantitative estimate of drug-likeness (QED) is 0.445. The molecular weight excluding hydrogens is 561 g/mol. The normalized spacial score (nSPS) is 25.9. The number of hydrogen-bond acceptors (Lipinski definition) is 8. The van der Waals surface area contributed by atoms with Gasteiger partial charge in [0.15, 0.2) is 9.84 Å². The van der Waals surface area contributed by atoms with Crippen LogP contribution in [-0.2, 0) is 26.6 Å². The van der Waals surface area contributed by atoms with Gasteiger partial charge in [0.05, 0.1) is 28.9 Å². The van der Waals surface area contributed by atoms with Gasteiger partial charge in [-0.2, -0.15) is 0 Å². The fourth-order valence-corrected chi connectivity index (χ4v) is 7.90. The smallest absolute Gasteiger partial charge is 0.420 e. The molecule has 0 unspecified atom stereocenters. The summed E-state index contributed by atoms with van der Waals surface area (Å²) in [6, 6.07) is 8.13. The van der Waals surface area contributed by atoms with Gasteiger partial charge in [0.1, 0.15) is 5.75 Å². The first-order chi connectivity index (χ1) is 19.4. The van der Waals surface area contributed by atoms with Gasteiger partial charge in [0, 0.05) is 11.0 Å². The summed E-state index contributed by atoms with van der Waals surface area (Å²) in [5.41, 5.74) is 6.84. The first-order valence-electron chi connectivity index (χ1n) is 13.6. The van der Waals surface area contributed by atoms with Crippen molar-refractivity contribution in [3.8, 4) is 17.2 Å². The molecule has 1 amide bonds. The lowest BCUT2D eigenvalue weighted by molar-refractivity contribution is -0.274. The molecule has 2 aromatic carbocycles. The maximum absolute atomic E-state index is 13.3. The molecule has 3 saturated carbocycles. The zero-order valence-electron chi connectivity index (χ0n) is 22.1. The molecule has 2 N–H and O–H groups in total. The van der Waals surface area contributed by atoms with E-state index in [0.717, 1.165) is 37.8 Å². The predicted molar refractivity (Wildman–Crippen MR) is 142 cm³/mol. The Bertz CT molecular complexity index is 1560. The monoisotopic (exact) mass is 590 g/mol. The third kappa shape index (κ3) is 5.44. The SMILES string of the molecule is N[C@H]1CS(=O)(=O)c2ccc(-c3nnc(C45CCCCCC(C4)C5)o3)cc2N(Cc2ccc(OC(F)(F)F)cc2)C1=O. The van der Waals surface area contributed by atoms with Crippen molar-refractivity contribution in [3.05, 3.63) is 53.9 Å². The molecule has 9 nitrogen and oxygen atoms in total. The minimum atomic E-state index is -4.84. The number of halogens is 3. The second-order valence-corrected chi connectivity index (χ2v) is 13.3. The first-order valence-corrected chi connectivity index (χ1v) is 15.2. The van der Waals surface area contributed by atoms with Crippen molar-refractivity contribution >= 4 is 21.4 Å². The van der Waals surface area contributed by atoms with Crippen LogP contribution in [0.25, 0.3) is 11.5 Å². The Labute approximate surface area is 234 Å². The summed E-state index contributed by atoms with van der Waals surface area (Å²) in [6.07, 6.45) is 2.92. The minimum absolute atomic E-state index is 0.0836. The lowest BCUT2D eigenvalue weighted by atomic mass is 9.57. The molecule has 218 valence electrons. The second kappa shape index (κ2) is 10.1. The number of carbonyl (C=O) groups is 1. The Morgan fingerprint density at radius 1 is 1.07 bits per heavy atom. The highest BCUT2D eigenvalue weighted by molar-refractivity contribution is 7.91. The number of sulfone groups is 1. The van der Waals surface area contributed by atoms with Crippen LogP contribution in [-0.4, -0.2) is 42.7 Å². The van der Waals surface area contributed by atoms with Crippen LogP contribution < -0.4 is 15.4 Å². The molecule has 0 spiro atoms. The molecule has 1 atom stereocenters. The molecule has 0 radical (unpaired) electrons. The number of ether oxygens (including phenoxy) is 1. The van der Waals surface area contributed by atoms with Gasteiger partial charge in [0.25, 0.3) is 0 Å².